The Labute approximate surface area is 365 Å². The fourth-order valence-electron chi connectivity index (χ4n) is 7.40. The van der Waals surface area contributed by atoms with Crippen LogP contribution in [0.2, 0.25) is 0 Å². The van der Waals surface area contributed by atoms with Crippen LogP contribution < -0.4 is 0 Å². The molecule has 0 radical (unpaired) electrons. The predicted octanol–water partition coefficient (Wildman–Crippen LogP) is 4.40. The number of phosphoric ester groups is 4. The van der Waals surface area contributed by atoms with E-state index in [1.807, 2.05) is 0 Å². The van der Waals surface area contributed by atoms with E-state index in [4.69, 9.17) is 76.2 Å². The van der Waals surface area contributed by atoms with Crippen molar-refractivity contribution in [2.45, 2.75) is 146 Å². The fraction of sp³-hybridized carbons (Fsp3) is 1.00. The number of hydrogen-bond donors (Lipinski definition) is 5. The van der Waals surface area contributed by atoms with Crippen LogP contribution in [0.5, 0.6) is 0 Å². The fourth-order valence-corrected chi connectivity index (χ4v) is 12.5. The minimum absolute atomic E-state index is 0.0403. The largest absolute Gasteiger partial charge is 0.472 e. The van der Waals surface area contributed by atoms with Gasteiger partial charge in [0, 0.05) is 59.0 Å². The summed E-state index contributed by atoms with van der Waals surface area (Å²) in [6, 6.07) is 0. The maximum absolute atomic E-state index is 13.1. The molecule has 5 heterocycles. The summed E-state index contributed by atoms with van der Waals surface area (Å²) >= 11 is 5.24. The Morgan fingerprint density at radius 3 is 1.31 bits per heavy atom. The molecule has 0 amide bonds. The standard InChI is InChI=1S/C32H61O24P5S/c1-20-13-25(54-57(33,34)42-6)30(50-20)18-48-60(39,40)55-26-14-21(2)51-31(26)19-47-59(37,38)52-23-8-11-44-28(23)16-46-58(35,36)53-24-9-12-45-29(24)17-49-61(41,62)56-22-7-10-43-27(22)15-32(3,4)5/h20-31H,7-19H2,1-6H3,(H,33,34)(H,35,36)(H,37,38)(H,39,40)(H,41,62)/t20-,21-,22?,23?,24?,25?,26?,27+,28+,29+,30+,31+,61?/m0/s1. The average Bonchev–Trinajstić information content (AvgIpc) is 3.99. The van der Waals surface area contributed by atoms with E-state index in [2.05, 4.69) is 25.3 Å². The maximum Gasteiger partial charge on any atom is 0.472 e. The Morgan fingerprint density at radius 2 is 0.887 bits per heavy atom. The van der Waals surface area contributed by atoms with Crippen molar-refractivity contribution in [3.8, 4) is 0 Å². The van der Waals surface area contributed by atoms with Crippen molar-refractivity contribution in [1.29, 1.82) is 0 Å². The molecular formula is C32H61O24P5S. The van der Waals surface area contributed by atoms with Crippen molar-refractivity contribution in [3.05, 3.63) is 0 Å². The Morgan fingerprint density at radius 1 is 0.532 bits per heavy atom. The van der Waals surface area contributed by atoms with Gasteiger partial charge in [-0.3, -0.25) is 36.2 Å². The molecular weight excluding hydrogens is 955 g/mol. The Balaban J connectivity index is 1.05. The van der Waals surface area contributed by atoms with Gasteiger partial charge in [0.25, 0.3) is 0 Å². The van der Waals surface area contributed by atoms with Crippen LogP contribution in [0.3, 0.4) is 0 Å². The normalized spacial score (nSPS) is 38.0. The van der Waals surface area contributed by atoms with E-state index in [1.165, 1.54) is 0 Å². The highest BCUT2D eigenvalue weighted by atomic mass is 32.5. The van der Waals surface area contributed by atoms with Gasteiger partial charge in [-0.25, -0.2) is 18.3 Å². The molecule has 30 heteroatoms. The monoisotopic (exact) mass is 1020 g/mol. The molecule has 0 bridgehead atoms. The number of phosphoric acid groups is 4. The second-order valence-electron chi connectivity index (χ2n) is 16.7. The molecule has 5 aliphatic rings. The summed E-state index contributed by atoms with van der Waals surface area (Å²) in [5.74, 6) is 0. The van der Waals surface area contributed by atoms with Crippen LogP contribution in [0, 0.1) is 5.41 Å². The molecule has 0 spiro atoms. The van der Waals surface area contributed by atoms with E-state index in [-0.39, 0.29) is 57.0 Å². The van der Waals surface area contributed by atoms with Crippen LogP contribution in [-0.2, 0) is 99.0 Å². The van der Waals surface area contributed by atoms with E-state index < -0.39 is 125 Å². The lowest BCUT2D eigenvalue weighted by molar-refractivity contribution is -0.0399. The Bertz CT molecular complexity index is 1710. The molecule has 0 aromatic rings. The summed E-state index contributed by atoms with van der Waals surface area (Å²) in [6.45, 7) is 4.30. The third kappa shape index (κ3) is 17.4. The van der Waals surface area contributed by atoms with Gasteiger partial charge in [0.1, 0.15) is 48.8 Å². The first-order valence-corrected chi connectivity index (χ1v) is 28.6. The maximum atomic E-state index is 13.1. The average molecular weight is 1020 g/mol. The topological polar surface area (TPSA) is 308 Å². The Hall–Kier alpha value is 0.770. The van der Waals surface area contributed by atoms with Crippen molar-refractivity contribution in [3.63, 3.8) is 0 Å². The first kappa shape index (κ1) is 53.7. The predicted molar refractivity (Wildman–Crippen MR) is 216 cm³/mol. The van der Waals surface area contributed by atoms with Gasteiger partial charge in [-0.2, -0.15) is 0 Å². The van der Waals surface area contributed by atoms with Crippen LogP contribution >= 0.6 is 38.0 Å². The molecule has 17 atom stereocenters. The molecule has 10 unspecified atom stereocenters. The molecule has 5 saturated heterocycles. The van der Waals surface area contributed by atoms with Crippen molar-refractivity contribution in [1.82, 2.24) is 0 Å². The molecule has 5 N–H and O–H groups in total. The lowest BCUT2D eigenvalue weighted by atomic mass is 9.88. The Kier molecular flexibility index (Phi) is 19.5. The SMILES string of the molecule is COP(=O)(O)OC1C[C@H](C)O[C@@H]1COP(=O)(O)OC1C[C@H](C)O[C@@H]1COP(=O)(O)OC1CCO[C@@H]1COP(=O)(O)OC1CCO[C@@H]1COP(O)(=S)OC1CCO[C@@H]1CC(C)(C)C. The summed E-state index contributed by atoms with van der Waals surface area (Å²) < 4.78 is 132. The van der Waals surface area contributed by atoms with Gasteiger partial charge in [-0.15, -0.1) is 0 Å². The molecule has 0 saturated carbocycles. The first-order chi connectivity index (χ1) is 28.7. The van der Waals surface area contributed by atoms with E-state index in [0.717, 1.165) is 7.11 Å². The van der Waals surface area contributed by atoms with Gasteiger partial charge < -0.3 is 57.2 Å². The highest BCUT2D eigenvalue weighted by Crippen LogP contribution is 2.53. The van der Waals surface area contributed by atoms with Gasteiger partial charge in [0.2, 0.25) is 0 Å². The highest BCUT2D eigenvalue weighted by Gasteiger charge is 2.46. The van der Waals surface area contributed by atoms with Gasteiger partial charge in [-0.1, -0.05) is 20.8 Å². The minimum atomic E-state index is -4.88. The molecule has 0 aliphatic carbocycles. The lowest BCUT2D eigenvalue weighted by Crippen LogP contribution is -2.32. The zero-order valence-electron chi connectivity index (χ0n) is 35.3. The quantitative estimate of drug-likeness (QED) is 0.0837. The van der Waals surface area contributed by atoms with Gasteiger partial charge in [-0.05, 0) is 37.5 Å². The van der Waals surface area contributed by atoms with Gasteiger partial charge >= 0.3 is 38.0 Å². The van der Waals surface area contributed by atoms with Crippen molar-refractivity contribution in [2.75, 3.05) is 53.4 Å². The number of hydrogen-bond acceptors (Lipinski definition) is 20. The van der Waals surface area contributed by atoms with Crippen LogP contribution in [0.1, 0.15) is 73.1 Å². The third-order valence-corrected chi connectivity index (χ3v) is 15.8. The zero-order chi connectivity index (χ0) is 45.7. The van der Waals surface area contributed by atoms with Crippen molar-refractivity contribution < 1.29 is 112 Å². The number of rotatable bonds is 24. The summed E-state index contributed by atoms with van der Waals surface area (Å²) in [4.78, 5) is 52.2. The van der Waals surface area contributed by atoms with Gasteiger partial charge in [0.15, 0.2) is 0 Å². The van der Waals surface area contributed by atoms with E-state index in [1.54, 1.807) is 13.8 Å². The summed E-state index contributed by atoms with van der Waals surface area (Å²) in [6.07, 6.45) is -8.37. The van der Waals surface area contributed by atoms with Crippen LogP contribution in [0.4, 0.5) is 0 Å². The summed E-state index contributed by atoms with van der Waals surface area (Å²) in [5, 5.41) is 0. The van der Waals surface area contributed by atoms with E-state index in [0.29, 0.717) is 19.4 Å². The van der Waals surface area contributed by atoms with Crippen LogP contribution in [0.25, 0.3) is 0 Å². The molecule has 5 aliphatic heterocycles. The molecule has 24 nitrogen and oxygen atoms in total. The molecule has 0 aromatic carbocycles. The van der Waals surface area contributed by atoms with E-state index >= 15 is 0 Å². The highest BCUT2D eigenvalue weighted by molar-refractivity contribution is 8.07. The van der Waals surface area contributed by atoms with Crippen molar-refractivity contribution >= 4 is 49.8 Å². The van der Waals surface area contributed by atoms with Crippen LogP contribution in [-0.4, -0.2) is 151 Å². The second-order valence-corrected chi connectivity index (χ2v) is 25.2. The van der Waals surface area contributed by atoms with Crippen molar-refractivity contribution in [2.24, 2.45) is 5.41 Å². The van der Waals surface area contributed by atoms with Gasteiger partial charge in [0.05, 0.1) is 50.8 Å². The zero-order valence-corrected chi connectivity index (χ0v) is 40.5. The lowest BCUT2D eigenvalue weighted by Gasteiger charge is -2.29. The number of ether oxygens (including phenoxy) is 5. The summed E-state index contributed by atoms with van der Waals surface area (Å²) in [7, 11) is -17.9. The molecule has 62 heavy (non-hydrogen) atoms. The molecule has 364 valence electrons. The first-order valence-electron chi connectivity index (χ1n) is 20.1. The molecule has 5 fully saturated rings. The second kappa shape index (κ2) is 22.5. The molecule has 5 rings (SSSR count). The smallest absolute Gasteiger partial charge is 0.375 e. The molecule has 0 aromatic heterocycles. The van der Waals surface area contributed by atoms with Crippen LogP contribution in [0.15, 0.2) is 0 Å². The van der Waals surface area contributed by atoms with E-state index in [9.17, 15) is 42.7 Å². The summed E-state index contributed by atoms with van der Waals surface area (Å²) in [5.41, 5.74) is -0.0498. The third-order valence-electron chi connectivity index (χ3n) is 10.2. The minimum Gasteiger partial charge on any atom is -0.375 e.